The summed E-state index contributed by atoms with van der Waals surface area (Å²) in [5, 5.41) is 15.6. The van der Waals surface area contributed by atoms with Gasteiger partial charge in [-0.25, -0.2) is 0 Å². The molecule has 1 aliphatic rings. The predicted molar refractivity (Wildman–Crippen MR) is 138 cm³/mol. The molecule has 0 bridgehead atoms. The molecule has 1 fully saturated rings. The maximum atomic E-state index is 13.6. The van der Waals surface area contributed by atoms with E-state index in [2.05, 4.69) is 34.6 Å². The van der Waals surface area contributed by atoms with Crippen LogP contribution in [0.5, 0.6) is 11.5 Å². The summed E-state index contributed by atoms with van der Waals surface area (Å²) in [6.07, 6.45) is 3.94. The Morgan fingerprint density at radius 1 is 1.22 bits per heavy atom. The molecular weight excluding hydrogens is 476 g/mol. The summed E-state index contributed by atoms with van der Waals surface area (Å²) in [5.41, 5.74) is 0.681. The van der Waals surface area contributed by atoms with Crippen LogP contribution in [0.2, 0.25) is 0 Å². The second kappa shape index (κ2) is 13.9. The van der Waals surface area contributed by atoms with E-state index >= 15 is 0 Å². The highest BCUT2D eigenvalue weighted by molar-refractivity contribution is 5.87. The normalized spacial score (nSPS) is 16.0. The first kappa shape index (κ1) is 28.4. The number of rotatable bonds is 14. The second-order valence-corrected chi connectivity index (χ2v) is 9.67. The van der Waals surface area contributed by atoms with Crippen LogP contribution >= 0.6 is 0 Å². The smallest absolute Gasteiger partial charge is 0.247 e. The quantitative estimate of drug-likeness (QED) is 0.407. The zero-order valence-corrected chi connectivity index (χ0v) is 22.6. The second-order valence-electron chi connectivity index (χ2n) is 9.67. The molecule has 1 saturated heterocycles. The molecule has 2 atom stereocenters. The molecule has 11 heteroatoms. The molecule has 1 aliphatic heterocycles. The minimum absolute atomic E-state index is 0.0854. The maximum absolute atomic E-state index is 13.6. The fraction of sp³-hybridized carbons (Fsp3) is 0.654. The molecule has 0 saturated carbocycles. The Bertz CT molecular complexity index is 1020. The highest BCUT2D eigenvalue weighted by Gasteiger charge is 2.32. The van der Waals surface area contributed by atoms with Crippen molar-refractivity contribution < 1.29 is 23.8 Å². The van der Waals surface area contributed by atoms with Crippen molar-refractivity contribution in [3.8, 4) is 22.9 Å². The van der Waals surface area contributed by atoms with Gasteiger partial charge in [0.15, 0.2) is 11.5 Å². The van der Waals surface area contributed by atoms with Crippen LogP contribution in [0.25, 0.3) is 11.4 Å². The van der Waals surface area contributed by atoms with Gasteiger partial charge in [0.05, 0.1) is 20.3 Å². The summed E-state index contributed by atoms with van der Waals surface area (Å²) < 4.78 is 16.5. The molecule has 0 spiro atoms. The van der Waals surface area contributed by atoms with E-state index in [9.17, 15) is 9.59 Å². The monoisotopic (exact) mass is 516 g/mol. The van der Waals surface area contributed by atoms with Crippen molar-refractivity contribution in [1.29, 1.82) is 0 Å². The van der Waals surface area contributed by atoms with Gasteiger partial charge in [-0.15, -0.1) is 10.2 Å². The number of aromatic nitrogens is 4. The number of hydrogen-bond acceptors (Lipinski definition) is 8. The molecule has 11 nitrogen and oxygen atoms in total. The summed E-state index contributed by atoms with van der Waals surface area (Å²) in [6, 6.07) is 4.73. The van der Waals surface area contributed by atoms with Crippen LogP contribution in [0.1, 0.15) is 52.9 Å². The Kier molecular flexibility index (Phi) is 10.7. The van der Waals surface area contributed by atoms with Crippen molar-refractivity contribution in [3.05, 3.63) is 18.2 Å². The number of nitrogens with one attached hydrogen (secondary N) is 1. The fourth-order valence-electron chi connectivity index (χ4n) is 4.33. The minimum atomic E-state index is -0.581. The lowest BCUT2D eigenvalue weighted by Crippen LogP contribution is -2.53. The van der Waals surface area contributed by atoms with E-state index in [1.54, 1.807) is 37.3 Å². The molecular formula is C26H40N6O5. The number of tetrazole rings is 1. The van der Waals surface area contributed by atoms with Gasteiger partial charge < -0.3 is 24.4 Å². The molecule has 0 aliphatic carbocycles. The minimum Gasteiger partial charge on any atom is -0.493 e. The molecule has 1 N–H and O–H groups in total. The van der Waals surface area contributed by atoms with Crippen LogP contribution in [0.15, 0.2) is 18.2 Å². The molecule has 2 heterocycles. The number of methoxy groups -OCH3 is 2. The Morgan fingerprint density at radius 3 is 2.65 bits per heavy atom. The topological polar surface area (TPSA) is 121 Å². The van der Waals surface area contributed by atoms with Crippen LogP contribution in [0.4, 0.5) is 0 Å². The molecule has 0 unspecified atom stereocenters. The molecule has 0 radical (unpaired) electrons. The summed E-state index contributed by atoms with van der Waals surface area (Å²) in [5.74, 6) is 1.59. The van der Waals surface area contributed by atoms with Crippen LogP contribution in [0.3, 0.4) is 0 Å². The lowest BCUT2D eigenvalue weighted by Gasteiger charge is -2.32. The predicted octanol–water partition coefficient (Wildman–Crippen LogP) is 2.70. The highest BCUT2D eigenvalue weighted by atomic mass is 16.5. The summed E-state index contributed by atoms with van der Waals surface area (Å²) in [4.78, 5) is 29.6. The molecule has 1 aromatic carbocycles. The fourth-order valence-corrected chi connectivity index (χ4v) is 4.33. The van der Waals surface area contributed by atoms with Crippen molar-refractivity contribution in [2.45, 2.75) is 71.6 Å². The molecule has 1 aromatic heterocycles. The van der Waals surface area contributed by atoms with Crippen molar-refractivity contribution in [2.75, 3.05) is 33.9 Å². The Hall–Kier alpha value is -3.21. The summed E-state index contributed by atoms with van der Waals surface area (Å²) in [6.45, 7) is 7.72. The zero-order chi connectivity index (χ0) is 26.8. The number of carbonyl (C=O) groups is 2. The average molecular weight is 517 g/mol. The van der Waals surface area contributed by atoms with Crippen LogP contribution < -0.4 is 14.8 Å². The molecule has 204 valence electrons. The SMILES string of the molecule is CCC[C@@H](C(=O)NCCC(C)C)N(C[C@@H]1CCCO1)C(=O)Cn1nnc(-c2ccc(OC)c(OC)c2)n1. The van der Waals surface area contributed by atoms with Crippen molar-refractivity contribution in [3.63, 3.8) is 0 Å². The van der Waals surface area contributed by atoms with Crippen LogP contribution in [-0.4, -0.2) is 83.0 Å². The lowest BCUT2D eigenvalue weighted by molar-refractivity contribution is -0.143. The average Bonchev–Trinajstić information content (AvgIpc) is 3.57. The maximum Gasteiger partial charge on any atom is 0.247 e. The molecule has 3 rings (SSSR count). The van der Waals surface area contributed by atoms with Gasteiger partial charge in [0.2, 0.25) is 17.6 Å². The zero-order valence-electron chi connectivity index (χ0n) is 22.6. The van der Waals surface area contributed by atoms with E-state index in [1.165, 1.54) is 4.80 Å². The van der Waals surface area contributed by atoms with Crippen LogP contribution in [-0.2, 0) is 20.9 Å². The van der Waals surface area contributed by atoms with Crippen molar-refractivity contribution in [2.24, 2.45) is 5.92 Å². The Balaban J connectivity index is 1.77. The third kappa shape index (κ3) is 7.88. The van der Waals surface area contributed by atoms with Gasteiger partial charge in [-0.05, 0) is 55.0 Å². The summed E-state index contributed by atoms with van der Waals surface area (Å²) >= 11 is 0. The van der Waals surface area contributed by atoms with Crippen LogP contribution in [0, 0.1) is 5.92 Å². The first-order valence-electron chi connectivity index (χ1n) is 13.0. The number of amides is 2. The molecule has 2 amide bonds. The van der Waals surface area contributed by atoms with Crippen molar-refractivity contribution in [1.82, 2.24) is 30.4 Å². The molecule has 37 heavy (non-hydrogen) atoms. The Morgan fingerprint density at radius 2 is 2.00 bits per heavy atom. The van der Waals surface area contributed by atoms with Gasteiger partial charge in [-0.2, -0.15) is 4.80 Å². The third-order valence-corrected chi connectivity index (χ3v) is 6.38. The third-order valence-electron chi connectivity index (χ3n) is 6.38. The number of hydrogen-bond donors (Lipinski definition) is 1. The van der Waals surface area contributed by atoms with Gasteiger partial charge in [0.1, 0.15) is 12.6 Å². The largest absolute Gasteiger partial charge is 0.493 e. The van der Waals surface area contributed by atoms with E-state index in [-0.39, 0.29) is 24.5 Å². The summed E-state index contributed by atoms with van der Waals surface area (Å²) in [7, 11) is 3.12. The van der Waals surface area contributed by atoms with Gasteiger partial charge in [0.25, 0.3) is 0 Å². The van der Waals surface area contributed by atoms with E-state index in [1.807, 2.05) is 6.92 Å². The van der Waals surface area contributed by atoms with E-state index in [4.69, 9.17) is 14.2 Å². The van der Waals surface area contributed by atoms with Crippen molar-refractivity contribution >= 4 is 11.8 Å². The Labute approximate surface area is 218 Å². The van der Waals surface area contributed by atoms with E-state index in [0.29, 0.717) is 54.9 Å². The number of carbonyl (C=O) groups excluding carboxylic acids is 2. The first-order chi connectivity index (χ1) is 17.9. The van der Waals surface area contributed by atoms with Gasteiger partial charge in [-0.1, -0.05) is 27.2 Å². The number of ether oxygens (including phenoxy) is 3. The van der Waals surface area contributed by atoms with Gasteiger partial charge in [0, 0.05) is 25.3 Å². The van der Waals surface area contributed by atoms with Gasteiger partial charge in [-0.3, -0.25) is 9.59 Å². The van der Waals surface area contributed by atoms with E-state index in [0.717, 1.165) is 25.7 Å². The standard InChI is InChI=1S/C26H40N6O5/c1-6-8-21(26(34)27-13-12-18(2)3)31(16-20-9-7-14-37-20)24(33)17-32-29-25(28-30-32)19-10-11-22(35-4)23(15-19)36-5/h10-11,15,18,20-21H,6-9,12-14,16-17H2,1-5H3,(H,27,34)/t20-,21-/m0/s1. The van der Waals surface area contributed by atoms with E-state index < -0.39 is 6.04 Å². The molecule has 2 aromatic rings. The van der Waals surface area contributed by atoms with Gasteiger partial charge >= 0.3 is 0 Å². The highest BCUT2D eigenvalue weighted by Crippen LogP contribution is 2.30. The number of nitrogens with zero attached hydrogens (tertiary/aromatic N) is 5. The lowest BCUT2D eigenvalue weighted by atomic mass is 10.1. The number of benzene rings is 1. The first-order valence-corrected chi connectivity index (χ1v) is 13.0.